The van der Waals surface area contributed by atoms with Gasteiger partial charge in [0.2, 0.25) is 0 Å². The van der Waals surface area contributed by atoms with Gasteiger partial charge in [0.1, 0.15) is 0 Å². The summed E-state index contributed by atoms with van der Waals surface area (Å²) in [5.41, 5.74) is 6.62. The van der Waals surface area contributed by atoms with Crippen LogP contribution in [0.3, 0.4) is 0 Å². The second kappa shape index (κ2) is 7.27. The molecule has 0 amide bonds. The molecule has 0 bridgehead atoms. The highest BCUT2D eigenvalue weighted by Crippen LogP contribution is 2.29. The van der Waals surface area contributed by atoms with E-state index >= 15 is 0 Å². The first-order chi connectivity index (χ1) is 6.97. The van der Waals surface area contributed by atoms with E-state index in [1.54, 1.807) is 0 Å². The van der Waals surface area contributed by atoms with Crippen molar-refractivity contribution in [3.63, 3.8) is 0 Å². The predicted molar refractivity (Wildman–Crippen MR) is 70.0 cm³/mol. The highest BCUT2D eigenvalue weighted by Gasteiger charge is 2.26. The summed E-state index contributed by atoms with van der Waals surface area (Å²) >= 11 is 0. The lowest BCUT2D eigenvalue weighted by molar-refractivity contribution is 0.227. The van der Waals surface area contributed by atoms with Crippen molar-refractivity contribution in [1.82, 2.24) is 0 Å². The maximum atomic E-state index is 6.31. The Kier molecular flexibility index (Phi) is 7.25. The molecule has 0 saturated carbocycles. The monoisotopic (exact) mass is 213 g/mol. The molecule has 0 aliphatic heterocycles. The maximum Gasteiger partial charge on any atom is 0.00928 e. The first-order valence-corrected chi connectivity index (χ1v) is 6.73. The third-order valence-corrected chi connectivity index (χ3v) is 4.05. The van der Waals surface area contributed by atoms with Crippen LogP contribution >= 0.6 is 0 Å². The van der Waals surface area contributed by atoms with Crippen molar-refractivity contribution < 1.29 is 0 Å². The third kappa shape index (κ3) is 5.55. The highest BCUT2D eigenvalue weighted by molar-refractivity contribution is 4.82. The third-order valence-electron chi connectivity index (χ3n) is 4.05. The zero-order chi connectivity index (χ0) is 11.9. The second-order valence-electron chi connectivity index (χ2n) is 5.60. The Balaban J connectivity index is 4.05. The van der Waals surface area contributed by atoms with E-state index in [1.165, 1.54) is 38.5 Å². The van der Waals surface area contributed by atoms with Crippen LogP contribution in [0.4, 0.5) is 0 Å². The SMILES string of the molecule is CCCCC(CC)CC(N)C(C)(C)CC. The van der Waals surface area contributed by atoms with Crippen molar-refractivity contribution in [1.29, 1.82) is 0 Å². The minimum Gasteiger partial charge on any atom is -0.327 e. The molecule has 92 valence electrons. The van der Waals surface area contributed by atoms with Crippen LogP contribution < -0.4 is 5.73 Å². The molecule has 0 spiro atoms. The summed E-state index contributed by atoms with van der Waals surface area (Å²) in [6.07, 6.45) is 7.70. The quantitative estimate of drug-likeness (QED) is 0.637. The van der Waals surface area contributed by atoms with Crippen molar-refractivity contribution in [2.24, 2.45) is 17.1 Å². The predicted octanol–water partition coefficient (Wildman–Crippen LogP) is 4.36. The van der Waals surface area contributed by atoms with Crippen molar-refractivity contribution in [2.45, 2.75) is 79.2 Å². The lowest BCUT2D eigenvalue weighted by atomic mass is 9.77. The van der Waals surface area contributed by atoms with E-state index in [4.69, 9.17) is 5.73 Å². The standard InChI is InChI=1S/C14H31N/c1-6-9-10-12(7-2)11-13(15)14(4,5)8-3/h12-13H,6-11,15H2,1-5H3. The Morgan fingerprint density at radius 3 is 2.13 bits per heavy atom. The molecule has 2 unspecified atom stereocenters. The molecule has 0 aliphatic carbocycles. The fraction of sp³-hybridized carbons (Fsp3) is 1.00. The summed E-state index contributed by atoms with van der Waals surface area (Å²) < 4.78 is 0. The summed E-state index contributed by atoms with van der Waals surface area (Å²) in [5, 5.41) is 0. The van der Waals surface area contributed by atoms with E-state index in [9.17, 15) is 0 Å². The molecular formula is C14H31N. The Hall–Kier alpha value is -0.0400. The molecule has 0 rings (SSSR count). The molecule has 0 heterocycles. The van der Waals surface area contributed by atoms with Crippen LogP contribution in [-0.4, -0.2) is 6.04 Å². The van der Waals surface area contributed by atoms with E-state index < -0.39 is 0 Å². The molecule has 0 aromatic rings. The fourth-order valence-electron chi connectivity index (χ4n) is 1.92. The summed E-state index contributed by atoms with van der Waals surface area (Å²) in [6, 6.07) is 0.365. The molecule has 2 atom stereocenters. The molecular weight excluding hydrogens is 182 g/mol. The minimum absolute atomic E-state index is 0.305. The second-order valence-corrected chi connectivity index (χ2v) is 5.60. The van der Waals surface area contributed by atoms with Gasteiger partial charge in [0, 0.05) is 6.04 Å². The van der Waals surface area contributed by atoms with Gasteiger partial charge in [-0.15, -0.1) is 0 Å². The van der Waals surface area contributed by atoms with Gasteiger partial charge in [-0.2, -0.15) is 0 Å². The molecule has 2 N–H and O–H groups in total. The summed E-state index contributed by atoms with van der Waals surface area (Å²) in [4.78, 5) is 0. The normalized spacial score (nSPS) is 16.4. The maximum absolute atomic E-state index is 6.31. The minimum atomic E-state index is 0.305. The number of nitrogens with two attached hydrogens (primary N) is 1. The molecule has 0 aliphatic rings. The van der Waals surface area contributed by atoms with Crippen molar-refractivity contribution >= 4 is 0 Å². The van der Waals surface area contributed by atoms with Gasteiger partial charge < -0.3 is 5.73 Å². The smallest absolute Gasteiger partial charge is 0.00928 e. The summed E-state index contributed by atoms with van der Waals surface area (Å²) in [5.74, 6) is 0.839. The first-order valence-electron chi connectivity index (χ1n) is 6.73. The summed E-state index contributed by atoms with van der Waals surface area (Å²) in [6.45, 7) is 11.4. The van der Waals surface area contributed by atoms with Gasteiger partial charge in [-0.25, -0.2) is 0 Å². The van der Waals surface area contributed by atoms with Gasteiger partial charge in [-0.05, 0) is 24.2 Å². The number of hydrogen-bond acceptors (Lipinski definition) is 1. The lowest BCUT2D eigenvalue weighted by Crippen LogP contribution is -2.38. The average molecular weight is 213 g/mol. The largest absolute Gasteiger partial charge is 0.327 e. The van der Waals surface area contributed by atoms with Crippen LogP contribution in [0.1, 0.15) is 73.1 Å². The number of unbranched alkanes of at least 4 members (excludes halogenated alkanes) is 1. The molecule has 0 aromatic heterocycles. The van der Waals surface area contributed by atoms with E-state index in [2.05, 4.69) is 34.6 Å². The van der Waals surface area contributed by atoms with E-state index in [-0.39, 0.29) is 0 Å². The van der Waals surface area contributed by atoms with Gasteiger partial charge in [0.25, 0.3) is 0 Å². The molecule has 15 heavy (non-hydrogen) atoms. The van der Waals surface area contributed by atoms with Crippen LogP contribution in [0.15, 0.2) is 0 Å². The molecule has 1 heteroatoms. The molecule has 0 saturated heterocycles. The average Bonchev–Trinajstić information content (AvgIpc) is 2.23. The van der Waals surface area contributed by atoms with E-state index in [0.717, 1.165) is 5.92 Å². The topological polar surface area (TPSA) is 26.0 Å². The summed E-state index contributed by atoms with van der Waals surface area (Å²) in [7, 11) is 0. The lowest BCUT2D eigenvalue weighted by Gasteiger charge is -2.33. The molecule has 1 nitrogen and oxygen atoms in total. The molecule has 0 aromatic carbocycles. The Labute approximate surface area is 96.8 Å². The Morgan fingerprint density at radius 2 is 1.73 bits per heavy atom. The van der Waals surface area contributed by atoms with Crippen molar-refractivity contribution in [3.05, 3.63) is 0 Å². The number of rotatable bonds is 8. The zero-order valence-corrected chi connectivity index (χ0v) is 11.5. The van der Waals surface area contributed by atoms with E-state index in [1.807, 2.05) is 0 Å². The van der Waals surface area contributed by atoms with Crippen LogP contribution in [0.25, 0.3) is 0 Å². The zero-order valence-electron chi connectivity index (χ0n) is 11.5. The van der Waals surface area contributed by atoms with Crippen molar-refractivity contribution in [3.8, 4) is 0 Å². The Bertz CT molecular complexity index is 151. The van der Waals surface area contributed by atoms with Gasteiger partial charge in [-0.1, -0.05) is 60.3 Å². The van der Waals surface area contributed by atoms with E-state index in [0.29, 0.717) is 11.5 Å². The van der Waals surface area contributed by atoms with Gasteiger partial charge in [0.05, 0.1) is 0 Å². The fourth-order valence-corrected chi connectivity index (χ4v) is 1.92. The highest BCUT2D eigenvalue weighted by atomic mass is 14.7. The van der Waals surface area contributed by atoms with Gasteiger partial charge in [0.15, 0.2) is 0 Å². The molecule has 0 fully saturated rings. The first kappa shape index (κ1) is 15.0. The van der Waals surface area contributed by atoms with Gasteiger partial charge in [-0.3, -0.25) is 0 Å². The Morgan fingerprint density at radius 1 is 1.13 bits per heavy atom. The van der Waals surface area contributed by atoms with Crippen molar-refractivity contribution in [2.75, 3.05) is 0 Å². The number of hydrogen-bond donors (Lipinski definition) is 1. The molecule has 0 radical (unpaired) electrons. The van der Waals surface area contributed by atoms with Gasteiger partial charge >= 0.3 is 0 Å². The van der Waals surface area contributed by atoms with Crippen LogP contribution in [0.2, 0.25) is 0 Å². The van der Waals surface area contributed by atoms with Crippen LogP contribution in [0.5, 0.6) is 0 Å². The van der Waals surface area contributed by atoms with Crippen LogP contribution in [0, 0.1) is 11.3 Å². The van der Waals surface area contributed by atoms with Crippen LogP contribution in [-0.2, 0) is 0 Å².